The molecule has 2 aromatic rings. The van der Waals surface area contributed by atoms with Gasteiger partial charge in [-0.3, -0.25) is 9.59 Å². The fourth-order valence-electron chi connectivity index (χ4n) is 2.40. The summed E-state index contributed by atoms with van der Waals surface area (Å²) in [6.45, 7) is 2.03. The van der Waals surface area contributed by atoms with E-state index in [0.29, 0.717) is 24.9 Å². The van der Waals surface area contributed by atoms with E-state index < -0.39 is 5.97 Å². The number of aryl methyl sites for hydroxylation is 3. The van der Waals surface area contributed by atoms with E-state index in [0.717, 1.165) is 11.1 Å². The maximum absolute atomic E-state index is 12.0. The molecule has 0 fully saturated rings. The van der Waals surface area contributed by atoms with Crippen molar-refractivity contribution in [3.63, 3.8) is 0 Å². The molecule has 0 unspecified atom stereocenters. The Balaban J connectivity index is 1.87. The molecule has 2 rings (SSSR count). The summed E-state index contributed by atoms with van der Waals surface area (Å²) in [5.74, 6) is -0.862. The van der Waals surface area contributed by atoms with Crippen LogP contribution in [0.1, 0.15) is 29.5 Å². The van der Waals surface area contributed by atoms with Crippen LogP contribution in [0.4, 0.5) is 5.69 Å². The van der Waals surface area contributed by atoms with E-state index in [9.17, 15) is 9.59 Å². The highest BCUT2D eigenvalue weighted by Crippen LogP contribution is 2.13. The highest BCUT2D eigenvalue weighted by atomic mass is 16.4. The minimum absolute atomic E-state index is 0.0399. The molecule has 2 N–H and O–H groups in total. The van der Waals surface area contributed by atoms with Crippen LogP contribution >= 0.6 is 0 Å². The highest BCUT2D eigenvalue weighted by Gasteiger charge is 2.05. The molecule has 0 bridgehead atoms. The van der Waals surface area contributed by atoms with Gasteiger partial charge in [0, 0.05) is 18.5 Å². The molecule has 0 aromatic heterocycles. The average Bonchev–Trinajstić information content (AvgIpc) is 2.51. The Hall–Kier alpha value is -2.62. The van der Waals surface area contributed by atoms with Gasteiger partial charge in [-0.25, -0.2) is 0 Å². The van der Waals surface area contributed by atoms with Crippen molar-refractivity contribution in [2.75, 3.05) is 5.32 Å². The molecular formula is C19H21NO3. The van der Waals surface area contributed by atoms with Crippen LogP contribution in [0.2, 0.25) is 0 Å². The van der Waals surface area contributed by atoms with Crippen molar-refractivity contribution < 1.29 is 14.7 Å². The van der Waals surface area contributed by atoms with E-state index in [4.69, 9.17) is 5.11 Å². The number of carboxylic acids is 1. The van der Waals surface area contributed by atoms with Crippen LogP contribution in [-0.4, -0.2) is 17.0 Å². The average molecular weight is 311 g/mol. The number of rotatable bonds is 7. The highest BCUT2D eigenvalue weighted by molar-refractivity contribution is 5.90. The molecular weight excluding hydrogens is 290 g/mol. The first-order valence-electron chi connectivity index (χ1n) is 7.69. The SMILES string of the molecule is Cc1cccc(CCC(=O)Nc2cccc(CCC(=O)O)c2)c1. The van der Waals surface area contributed by atoms with Gasteiger partial charge in [0.15, 0.2) is 0 Å². The molecule has 0 aliphatic heterocycles. The lowest BCUT2D eigenvalue weighted by Crippen LogP contribution is -2.12. The molecule has 4 nitrogen and oxygen atoms in total. The summed E-state index contributed by atoms with van der Waals surface area (Å²) in [5.41, 5.74) is 3.95. The fraction of sp³-hybridized carbons (Fsp3) is 0.263. The van der Waals surface area contributed by atoms with Crippen molar-refractivity contribution >= 4 is 17.6 Å². The predicted molar refractivity (Wildman–Crippen MR) is 90.5 cm³/mol. The van der Waals surface area contributed by atoms with E-state index in [1.54, 1.807) is 0 Å². The van der Waals surface area contributed by atoms with Gasteiger partial charge in [-0.2, -0.15) is 0 Å². The second kappa shape index (κ2) is 8.13. The number of aliphatic carboxylic acids is 1. The smallest absolute Gasteiger partial charge is 0.303 e. The first-order valence-corrected chi connectivity index (χ1v) is 7.69. The molecule has 0 atom stereocenters. The van der Waals surface area contributed by atoms with Gasteiger partial charge in [-0.05, 0) is 43.0 Å². The van der Waals surface area contributed by atoms with Crippen molar-refractivity contribution in [1.29, 1.82) is 0 Å². The molecule has 120 valence electrons. The Morgan fingerprint density at radius 3 is 2.30 bits per heavy atom. The Labute approximate surface area is 136 Å². The van der Waals surface area contributed by atoms with Gasteiger partial charge >= 0.3 is 5.97 Å². The summed E-state index contributed by atoms with van der Waals surface area (Å²) < 4.78 is 0. The van der Waals surface area contributed by atoms with E-state index in [1.807, 2.05) is 49.4 Å². The first kappa shape index (κ1) is 16.7. The largest absolute Gasteiger partial charge is 0.481 e. The van der Waals surface area contributed by atoms with Crippen LogP contribution in [0.3, 0.4) is 0 Å². The van der Waals surface area contributed by atoms with Gasteiger partial charge in [0.1, 0.15) is 0 Å². The topological polar surface area (TPSA) is 66.4 Å². The summed E-state index contributed by atoms with van der Waals surface area (Å²) in [7, 11) is 0. The summed E-state index contributed by atoms with van der Waals surface area (Å²) in [4.78, 5) is 22.7. The molecule has 0 aliphatic rings. The number of amides is 1. The van der Waals surface area contributed by atoms with Crippen molar-refractivity contribution in [2.45, 2.75) is 32.6 Å². The molecule has 2 aromatic carbocycles. The molecule has 23 heavy (non-hydrogen) atoms. The number of carbonyl (C=O) groups is 2. The van der Waals surface area contributed by atoms with Crippen LogP contribution in [0.5, 0.6) is 0 Å². The van der Waals surface area contributed by atoms with Crippen LogP contribution in [0.25, 0.3) is 0 Å². The van der Waals surface area contributed by atoms with Crippen LogP contribution < -0.4 is 5.32 Å². The zero-order valence-corrected chi connectivity index (χ0v) is 13.2. The second-order valence-electron chi connectivity index (χ2n) is 5.63. The van der Waals surface area contributed by atoms with Crippen LogP contribution in [0.15, 0.2) is 48.5 Å². The molecule has 0 aliphatic carbocycles. The van der Waals surface area contributed by atoms with Crippen molar-refractivity contribution in [1.82, 2.24) is 0 Å². The molecule has 0 heterocycles. The lowest BCUT2D eigenvalue weighted by molar-refractivity contribution is -0.137. The molecule has 0 spiro atoms. The van der Waals surface area contributed by atoms with Crippen LogP contribution in [0, 0.1) is 6.92 Å². The second-order valence-corrected chi connectivity index (χ2v) is 5.63. The molecule has 0 saturated carbocycles. The predicted octanol–water partition coefficient (Wildman–Crippen LogP) is 3.58. The van der Waals surface area contributed by atoms with E-state index in [2.05, 4.69) is 11.4 Å². The summed E-state index contributed by atoms with van der Waals surface area (Å²) >= 11 is 0. The van der Waals surface area contributed by atoms with E-state index in [1.165, 1.54) is 5.56 Å². The minimum Gasteiger partial charge on any atom is -0.481 e. The van der Waals surface area contributed by atoms with Crippen molar-refractivity contribution in [3.05, 3.63) is 65.2 Å². The monoisotopic (exact) mass is 311 g/mol. The number of hydrogen-bond donors (Lipinski definition) is 2. The minimum atomic E-state index is -0.822. The third-order valence-corrected chi connectivity index (χ3v) is 3.56. The quantitative estimate of drug-likeness (QED) is 0.821. The van der Waals surface area contributed by atoms with Gasteiger partial charge in [-0.1, -0.05) is 42.0 Å². The summed E-state index contributed by atoms with van der Waals surface area (Å²) in [6.07, 6.45) is 1.67. The van der Waals surface area contributed by atoms with Crippen molar-refractivity contribution in [3.8, 4) is 0 Å². The number of hydrogen-bond acceptors (Lipinski definition) is 2. The summed E-state index contributed by atoms with van der Waals surface area (Å²) in [6, 6.07) is 15.5. The lowest BCUT2D eigenvalue weighted by atomic mass is 10.1. The third-order valence-electron chi connectivity index (χ3n) is 3.56. The number of carboxylic acid groups (broad SMARTS) is 1. The third kappa shape index (κ3) is 5.94. The Kier molecular flexibility index (Phi) is 5.92. The van der Waals surface area contributed by atoms with Gasteiger partial charge in [-0.15, -0.1) is 0 Å². The molecule has 4 heteroatoms. The zero-order chi connectivity index (χ0) is 16.7. The van der Waals surface area contributed by atoms with Crippen molar-refractivity contribution in [2.24, 2.45) is 0 Å². The molecule has 0 saturated heterocycles. The number of nitrogens with one attached hydrogen (secondary N) is 1. The number of carbonyl (C=O) groups excluding carboxylic acids is 1. The zero-order valence-electron chi connectivity index (χ0n) is 13.2. The summed E-state index contributed by atoms with van der Waals surface area (Å²) in [5, 5.41) is 11.6. The van der Waals surface area contributed by atoms with Gasteiger partial charge in [0.05, 0.1) is 0 Å². The van der Waals surface area contributed by atoms with Crippen LogP contribution in [-0.2, 0) is 22.4 Å². The normalized spacial score (nSPS) is 10.3. The first-order chi connectivity index (χ1) is 11.0. The molecule has 1 amide bonds. The standard InChI is InChI=1S/C19H21NO3/c1-14-4-2-5-15(12-14)8-10-18(21)20-17-7-3-6-16(13-17)9-11-19(22)23/h2-7,12-13H,8-11H2,1H3,(H,20,21)(H,22,23). The number of anilines is 1. The maximum atomic E-state index is 12.0. The maximum Gasteiger partial charge on any atom is 0.303 e. The molecule has 0 radical (unpaired) electrons. The Morgan fingerprint density at radius 2 is 1.61 bits per heavy atom. The lowest BCUT2D eigenvalue weighted by Gasteiger charge is -2.07. The van der Waals surface area contributed by atoms with Gasteiger partial charge in [0.25, 0.3) is 0 Å². The number of benzene rings is 2. The Morgan fingerprint density at radius 1 is 0.957 bits per heavy atom. The van der Waals surface area contributed by atoms with Gasteiger partial charge in [0.2, 0.25) is 5.91 Å². The van der Waals surface area contributed by atoms with E-state index >= 15 is 0 Å². The van der Waals surface area contributed by atoms with E-state index in [-0.39, 0.29) is 12.3 Å². The fourth-order valence-corrected chi connectivity index (χ4v) is 2.40. The Bertz CT molecular complexity index is 695. The van der Waals surface area contributed by atoms with Gasteiger partial charge < -0.3 is 10.4 Å².